The zero-order chi connectivity index (χ0) is 25.3. The molecule has 1 aliphatic heterocycles. The summed E-state index contributed by atoms with van der Waals surface area (Å²) in [6.07, 6.45) is -0.742. The molecule has 36 heavy (non-hydrogen) atoms. The molecule has 1 aliphatic rings. The van der Waals surface area contributed by atoms with Crippen LogP contribution in [0.5, 0.6) is 5.75 Å². The maximum atomic E-state index is 14.4. The van der Waals surface area contributed by atoms with Crippen molar-refractivity contribution in [3.05, 3.63) is 116 Å². The topological polar surface area (TPSA) is 58.2 Å². The zero-order valence-electron chi connectivity index (χ0n) is 20.4. The second-order valence-corrected chi connectivity index (χ2v) is 9.34. The van der Waals surface area contributed by atoms with Gasteiger partial charge in [-0.2, -0.15) is 0 Å². The molecule has 7 heteroatoms. The molecular weight excluding hydrogens is 457 g/mol. The van der Waals surface area contributed by atoms with Crippen molar-refractivity contribution in [2.75, 3.05) is 0 Å². The van der Waals surface area contributed by atoms with Crippen molar-refractivity contribution in [3.63, 3.8) is 0 Å². The molecule has 0 N–H and O–H groups in total. The van der Waals surface area contributed by atoms with Crippen molar-refractivity contribution in [3.8, 4) is 22.7 Å². The van der Waals surface area contributed by atoms with Gasteiger partial charge in [0.15, 0.2) is 6.10 Å². The van der Waals surface area contributed by atoms with Crippen molar-refractivity contribution >= 4 is 10.9 Å². The smallest absolute Gasteiger partial charge is 0.331 e. The minimum Gasteiger partial charge on any atom is -0.477 e. The van der Waals surface area contributed by atoms with Crippen LogP contribution in [0.15, 0.2) is 76.3 Å². The number of fused-ring (bicyclic) bond motifs is 5. The minimum absolute atomic E-state index is 0.388. The summed E-state index contributed by atoms with van der Waals surface area (Å²) in [7, 11) is 3.14. The van der Waals surface area contributed by atoms with Gasteiger partial charge >= 0.3 is 5.69 Å². The van der Waals surface area contributed by atoms with Crippen LogP contribution >= 0.6 is 0 Å². The molecule has 0 radical (unpaired) electrons. The molecule has 6 rings (SSSR count). The van der Waals surface area contributed by atoms with E-state index in [0.717, 1.165) is 26.9 Å². The number of aryl methyl sites for hydroxylation is 3. The lowest BCUT2D eigenvalue weighted by Gasteiger charge is -2.30. The van der Waals surface area contributed by atoms with Crippen LogP contribution < -0.4 is 16.0 Å². The van der Waals surface area contributed by atoms with E-state index in [1.54, 1.807) is 19.2 Å². The normalized spacial score (nSPS) is 14.4. The maximum Gasteiger partial charge on any atom is 0.331 e. The predicted molar refractivity (Wildman–Crippen MR) is 138 cm³/mol. The number of ether oxygens (including phenoxy) is 1. The van der Waals surface area contributed by atoms with E-state index in [1.807, 2.05) is 60.9 Å². The summed E-state index contributed by atoms with van der Waals surface area (Å²) in [6, 6.07) is 19.9. The maximum absolute atomic E-state index is 14.4. The first-order chi connectivity index (χ1) is 17.3. The monoisotopic (exact) mass is 481 g/mol. The molecule has 0 spiro atoms. The Hall–Kier alpha value is -4.39. The third kappa shape index (κ3) is 3.02. The Kier molecular flexibility index (Phi) is 4.80. The second-order valence-electron chi connectivity index (χ2n) is 9.34. The first kappa shape index (κ1) is 22.1. The molecular formula is C29H24FN3O3. The van der Waals surface area contributed by atoms with Crippen LogP contribution in [0, 0.1) is 19.7 Å². The van der Waals surface area contributed by atoms with Crippen LogP contribution in [0.4, 0.5) is 4.39 Å². The van der Waals surface area contributed by atoms with E-state index in [2.05, 4.69) is 0 Å². The second kappa shape index (κ2) is 7.81. The Morgan fingerprint density at radius 3 is 2.42 bits per heavy atom. The molecule has 0 bridgehead atoms. The van der Waals surface area contributed by atoms with Crippen molar-refractivity contribution in [2.45, 2.75) is 20.0 Å². The number of hydrogen-bond donors (Lipinski definition) is 0. The fraction of sp³-hybridized carbons (Fsp3) is 0.172. The van der Waals surface area contributed by atoms with Crippen molar-refractivity contribution in [1.82, 2.24) is 13.7 Å². The van der Waals surface area contributed by atoms with E-state index >= 15 is 0 Å². The average molecular weight is 482 g/mol. The van der Waals surface area contributed by atoms with E-state index in [9.17, 15) is 14.0 Å². The molecule has 1 unspecified atom stereocenters. The van der Waals surface area contributed by atoms with Gasteiger partial charge in [-0.25, -0.2) is 9.18 Å². The molecule has 0 aliphatic carbocycles. The molecule has 3 aromatic carbocycles. The molecule has 0 amide bonds. The molecule has 180 valence electrons. The van der Waals surface area contributed by atoms with Crippen LogP contribution in [0.2, 0.25) is 0 Å². The standard InChI is InChI=1S/C29H24FN3O3/c1-16-12-13-22-21(14-16)33-24(20-11-6-5-8-17(20)2)23-25(31(3)29(35)32(4)28(23)34)26(33)27(36-22)18-9-7-10-19(30)15-18/h5-15,27H,1-4H3. The SMILES string of the molecule is Cc1ccc2c(c1)-n1c(-c3ccccc3C)c3c(=O)n(C)c(=O)n(C)c3c1C(c1cccc(F)c1)O2. The van der Waals surface area contributed by atoms with Gasteiger partial charge < -0.3 is 9.30 Å². The van der Waals surface area contributed by atoms with E-state index in [1.165, 1.54) is 23.7 Å². The number of benzene rings is 3. The number of halogens is 1. The lowest BCUT2D eigenvalue weighted by molar-refractivity contribution is 0.228. The summed E-state index contributed by atoms with van der Waals surface area (Å²) in [5, 5.41) is 0.420. The van der Waals surface area contributed by atoms with Gasteiger partial charge in [-0.15, -0.1) is 0 Å². The quantitative estimate of drug-likeness (QED) is 0.359. The van der Waals surface area contributed by atoms with Crippen molar-refractivity contribution in [2.24, 2.45) is 14.1 Å². The van der Waals surface area contributed by atoms with Crippen molar-refractivity contribution in [1.29, 1.82) is 0 Å². The van der Waals surface area contributed by atoms with Crippen LogP contribution in [0.3, 0.4) is 0 Å². The number of nitrogens with zero attached hydrogens (tertiary/aromatic N) is 3. The fourth-order valence-corrected chi connectivity index (χ4v) is 5.26. The Morgan fingerprint density at radius 1 is 0.889 bits per heavy atom. The molecule has 0 fully saturated rings. The summed E-state index contributed by atoms with van der Waals surface area (Å²) in [5.41, 5.74) is 5.18. The molecule has 0 saturated carbocycles. The molecule has 2 aromatic heterocycles. The van der Waals surface area contributed by atoms with Gasteiger partial charge in [0, 0.05) is 25.2 Å². The summed E-state index contributed by atoms with van der Waals surface area (Å²) >= 11 is 0. The summed E-state index contributed by atoms with van der Waals surface area (Å²) in [6.45, 7) is 3.98. The van der Waals surface area contributed by atoms with Crippen molar-refractivity contribution < 1.29 is 9.13 Å². The highest BCUT2D eigenvalue weighted by Gasteiger charge is 2.36. The third-order valence-corrected chi connectivity index (χ3v) is 7.01. The molecule has 3 heterocycles. The number of rotatable bonds is 2. The number of aromatic nitrogens is 3. The largest absolute Gasteiger partial charge is 0.477 e. The Bertz CT molecular complexity index is 1830. The Balaban J connectivity index is 1.90. The van der Waals surface area contributed by atoms with E-state index in [0.29, 0.717) is 33.6 Å². The highest BCUT2D eigenvalue weighted by atomic mass is 19.1. The molecule has 5 aromatic rings. The lowest BCUT2D eigenvalue weighted by atomic mass is 10.0. The molecule has 6 nitrogen and oxygen atoms in total. The Labute approximate surface area is 206 Å². The van der Waals surface area contributed by atoms with Gasteiger partial charge in [-0.05, 0) is 49.2 Å². The summed E-state index contributed by atoms with van der Waals surface area (Å²) in [4.78, 5) is 26.9. The van der Waals surface area contributed by atoms with Crippen LogP contribution in [0.25, 0.3) is 27.8 Å². The van der Waals surface area contributed by atoms with Gasteiger partial charge in [-0.1, -0.05) is 42.5 Å². The van der Waals surface area contributed by atoms with E-state index in [4.69, 9.17) is 4.74 Å². The summed E-state index contributed by atoms with van der Waals surface area (Å²) in [5.74, 6) is 0.219. The van der Waals surface area contributed by atoms with Gasteiger partial charge in [0.2, 0.25) is 0 Å². The highest BCUT2D eigenvalue weighted by molar-refractivity contribution is 5.98. The lowest BCUT2D eigenvalue weighted by Crippen LogP contribution is -2.37. The fourth-order valence-electron chi connectivity index (χ4n) is 5.26. The zero-order valence-corrected chi connectivity index (χ0v) is 20.4. The van der Waals surface area contributed by atoms with E-state index in [-0.39, 0.29) is 5.56 Å². The Morgan fingerprint density at radius 2 is 1.67 bits per heavy atom. The van der Waals surface area contributed by atoms with Gasteiger partial charge in [0.05, 0.1) is 28.0 Å². The highest BCUT2D eigenvalue weighted by Crippen LogP contribution is 2.47. The van der Waals surface area contributed by atoms with Crippen LogP contribution in [0.1, 0.15) is 28.5 Å². The number of hydrogen-bond acceptors (Lipinski definition) is 3. The van der Waals surface area contributed by atoms with Gasteiger partial charge in [0.25, 0.3) is 5.56 Å². The average Bonchev–Trinajstić information content (AvgIpc) is 3.22. The predicted octanol–water partition coefficient (Wildman–Crippen LogP) is 4.93. The first-order valence-corrected chi connectivity index (χ1v) is 11.7. The third-order valence-electron chi connectivity index (χ3n) is 7.01. The van der Waals surface area contributed by atoms with Gasteiger partial charge in [0.1, 0.15) is 11.6 Å². The van der Waals surface area contributed by atoms with Crippen LogP contribution in [-0.2, 0) is 14.1 Å². The molecule has 1 atom stereocenters. The van der Waals surface area contributed by atoms with Crippen LogP contribution in [-0.4, -0.2) is 13.7 Å². The van der Waals surface area contributed by atoms with E-state index < -0.39 is 17.6 Å². The summed E-state index contributed by atoms with van der Waals surface area (Å²) < 4.78 is 25.5. The molecule has 0 saturated heterocycles. The first-order valence-electron chi connectivity index (χ1n) is 11.7. The minimum atomic E-state index is -0.742. The van der Waals surface area contributed by atoms with Gasteiger partial charge in [-0.3, -0.25) is 13.9 Å².